The molecule has 3 aromatic rings. The molecule has 0 aliphatic rings. The Labute approximate surface area is 182 Å². The maximum atomic E-state index is 12.4. The van der Waals surface area contributed by atoms with E-state index in [1.165, 1.54) is 17.1 Å². The quantitative estimate of drug-likeness (QED) is 0.356. The molecule has 0 spiro atoms. The molecule has 0 aliphatic heterocycles. The highest BCUT2D eigenvalue weighted by molar-refractivity contribution is 6.36. The van der Waals surface area contributed by atoms with Crippen molar-refractivity contribution in [3.63, 3.8) is 0 Å². The summed E-state index contributed by atoms with van der Waals surface area (Å²) < 4.78 is 8.15. The molecule has 0 bridgehead atoms. The lowest BCUT2D eigenvalue weighted by Gasteiger charge is -2.02. The molecular weight excluding hydrogens is 469 g/mol. The summed E-state index contributed by atoms with van der Waals surface area (Å²) in [5.41, 5.74) is 0.942. The van der Waals surface area contributed by atoms with Crippen LogP contribution in [-0.4, -0.2) is 28.5 Å². The van der Waals surface area contributed by atoms with Gasteiger partial charge in [-0.1, -0.05) is 23.2 Å². The predicted molar refractivity (Wildman–Crippen MR) is 101 cm³/mol. The Bertz CT molecular complexity index is 990. The largest absolute Gasteiger partial charge is 1.00 e. The standard InChI is InChI=1S/C19H16Cl2N3O3.BrH/c1-27-15-5-2-13(3-6-15)18(25)9-23-11-22-24(12-23)10-19(26)16-7-4-14(20)8-17(16)21;/h2-8,11-12H,9-10H2,1H3;1H/q+1;/p-1. The summed E-state index contributed by atoms with van der Waals surface area (Å²) in [7, 11) is 1.57. The summed E-state index contributed by atoms with van der Waals surface area (Å²) >= 11 is 11.9. The van der Waals surface area contributed by atoms with Crippen LogP contribution in [0.1, 0.15) is 20.7 Å². The monoisotopic (exact) mass is 483 g/mol. The Balaban J connectivity index is 0.00000280. The molecule has 28 heavy (non-hydrogen) atoms. The van der Waals surface area contributed by atoms with Gasteiger partial charge in [0.25, 0.3) is 6.33 Å². The van der Waals surface area contributed by atoms with E-state index in [4.69, 9.17) is 27.9 Å². The van der Waals surface area contributed by atoms with Crippen LogP contribution < -0.4 is 26.3 Å². The van der Waals surface area contributed by atoms with Gasteiger partial charge in [0.05, 0.1) is 12.1 Å². The van der Waals surface area contributed by atoms with Crippen molar-refractivity contribution in [1.82, 2.24) is 9.78 Å². The van der Waals surface area contributed by atoms with E-state index in [9.17, 15) is 9.59 Å². The molecule has 0 amide bonds. The second kappa shape index (κ2) is 9.82. The fraction of sp³-hybridized carbons (Fsp3) is 0.158. The van der Waals surface area contributed by atoms with Crippen LogP contribution >= 0.6 is 23.2 Å². The number of carbonyl (C=O) groups excluding carboxylic acids is 2. The first-order chi connectivity index (χ1) is 13.0. The van der Waals surface area contributed by atoms with Crippen molar-refractivity contribution in [3.8, 4) is 5.75 Å². The van der Waals surface area contributed by atoms with E-state index < -0.39 is 0 Å². The molecule has 6 nitrogen and oxygen atoms in total. The van der Waals surface area contributed by atoms with Crippen molar-refractivity contribution in [2.45, 2.75) is 13.1 Å². The van der Waals surface area contributed by atoms with Gasteiger partial charge in [0, 0.05) is 21.2 Å². The van der Waals surface area contributed by atoms with Crippen molar-refractivity contribution in [1.29, 1.82) is 0 Å². The normalized spacial score (nSPS) is 10.2. The zero-order valence-corrected chi connectivity index (χ0v) is 17.9. The first-order valence-electron chi connectivity index (χ1n) is 8.03. The Kier molecular flexibility index (Phi) is 7.74. The molecule has 0 aliphatic carbocycles. The van der Waals surface area contributed by atoms with E-state index >= 15 is 0 Å². The van der Waals surface area contributed by atoms with Crippen LogP contribution in [0.25, 0.3) is 0 Å². The van der Waals surface area contributed by atoms with Gasteiger partial charge in [-0.15, -0.1) is 4.68 Å². The molecule has 9 heteroatoms. The van der Waals surface area contributed by atoms with Crippen LogP contribution in [0.15, 0.2) is 55.1 Å². The smallest absolute Gasteiger partial charge is 0.265 e. The number of aromatic nitrogens is 3. The average Bonchev–Trinajstić information content (AvgIpc) is 3.08. The third-order valence-electron chi connectivity index (χ3n) is 3.91. The van der Waals surface area contributed by atoms with Crippen LogP contribution in [-0.2, 0) is 13.1 Å². The summed E-state index contributed by atoms with van der Waals surface area (Å²) in [6, 6.07) is 11.6. The van der Waals surface area contributed by atoms with Gasteiger partial charge < -0.3 is 21.7 Å². The van der Waals surface area contributed by atoms with Crippen LogP contribution in [0, 0.1) is 0 Å². The third-order valence-corrected chi connectivity index (χ3v) is 4.45. The lowest BCUT2D eigenvalue weighted by molar-refractivity contribution is -0.683. The highest BCUT2D eigenvalue weighted by Crippen LogP contribution is 2.21. The van der Waals surface area contributed by atoms with Gasteiger partial charge in [-0.25, -0.2) is 4.57 Å². The molecule has 3 rings (SSSR count). The second-order valence-electron chi connectivity index (χ2n) is 5.82. The fourth-order valence-corrected chi connectivity index (χ4v) is 3.02. The van der Waals surface area contributed by atoms with E-state index in [1.54, 1.807) is 54.4 Å². The number of Topliss-reactive ketones (excluding diaryl/α,β-unsaturated/α-hetero) is 2. The van der Waals surface area contributed by atoms with E-state index in [0.29, 0.717) is 26.9 Å². The zero-order chi connectivity index (χ0) is 19.4. The second-order valence-corrected chi connectivity index (χ2v) is 6.66. The zero-order valence-electron chi connectivity index (χ0n) is 14.8. The highest BCUT2D eigenvalue weighted by atomic mass is 79.9. The van der Waals surface area contributed by atoms with Crippen molar-refractivity contribution >= 4 is 34.8 Å². The number of methoxy groups -OCH3 is 1. The maximum Gasteiger partial charge on any atom is 0.265 e. The van der Waals surface area contributed by atoms with Gasteiger partial charge in [-0.05, 0) is 42.5 Å². The molecule has 0 N–H and O–H groups in total. The van der Waals surface area contributed by atoms with Gasteiger partial charge in [0.2, 0.25) is 12.1 Å². The SMILES string of the molecule is COc1ccc(C(=O)C[n+]2cnn(CC(=O)c3ccc(Cl)cc3Cl)c2)cc1.[Br-]. The van der Waals surface area contributed by atoms with Crippen molar-refractivity contribution in [2.75, 3.05) is 7.11 Å². The number of hydrogen-bond donors (Lipinski definition) is 0. The van der Waals surface area contributed by atoms with E-state index in [-0.39, 0.29) is 41.6 Å². The number of benzene rings is 2. The Morgan fingerprint density at radius 1 is 1.11 bits per heavy atom. The van der Waals surface area contributed by atoms with Gasteiger partial charge in [0.15, 0.2) is 12.3 Å². The number of ether oxygens (including phenoxy) is 1. The minimum atomic E-state index is -0.201. The minimum absolute atomic E-state index is 0. The summed E-state index contributed by atoms with van der Waals surface area (Å²) in [5.74, 6) is 0.411. The van der Waals surface area contributed by atoms with Crippen LogP contribution in [0.4, 0.5) is 0 Å². The molecule has 0 fully saturated rings. The average molecular weight is 485 g/mol. The molecule has 0 atom stereocenters. The minimum Gasteiger partial charge on any atom is -1.00 e. The molecule has 1 heterocycles. The maximum absolute atomic E-state index is 12.4. The summed E-state index contributed by atoms with van der Waals surface area (Å²) in [6.07, 6.45) is 3.10. The van der Waals surface area contributed by atoms with Crippen molar-refractivity contribution in [3.05, 3.63) is 76.3 Å². The van der Waals surface area contributed by atoms with Crippen LogP contribution in [0.5, 0.6) is 5.75 Å². The number of ketones is 2. The first-order valence-corrected chi connectivity index (χ1v) is 8.79. The first kappa shape index (κ1) is 22.1. The topological polar surface area (TPSA) is 65.1 Å². The van der Waals surface area contributed by atoms with E-state index in [1.807, 2.05) is 0 Å². The van der Waals surface area contributed by atoms with Gasteiger partial charge >= 0.3 is 0 Å². The molecule has 1 aromatic heterocycles. The molecule has 0 radical (unpaired) electrons. The van der Waals surface area contributed by atoms with Crippen molar-refractivity contribution in [2.24, 2.45) is 0 Å². The van der Waals surface area contributed by atoms with Gasteiger partial charge in [-0.3, -0.25) is 9.59 Å². The van der Waals surface area contributed by atoms with Crippen LogP contribution in [0.2, 0.25) is 10.0 Å². The molecule has 0 saturated carbocycles. The summed E-state index contributed by atoms with van der Waals surface area (Å²) in [6.45, 7) is 0.118. The number of halogens is 3. The fourth-order valence-electron chi connectivity index (χ4n) is 2.51. The molecule has 0 unspecified atom stereocenters. The molecule has 0 saturated heterocycles. The van der Waals surface area contributed by atoms with Gasteiger partial charge in [0.1, 0.15) is 12.3 Å². The Morgan fingerprint density at radius 3 is 2.46 bits per heavy atom. The van der Waals surface area contributed by atoms with E-state index in [0.717, 1.165) is 0 Å². The lowest BCUT2D eigenvalue weighted by Crippen LogP contribution is -3.00. The number of hydrogen-bond acceptors (Lipinski definition) is 4. The molecule has 146 valence electrons. The number of nitrogens with zero attached hydrogens (tertiary/aromatic N) is 3. The predicted octanol–water partition coefficient (Wildman–Crippen LogP) is 0.256. The Morgan fingerprint density at radius 2 is 1.82 bits per heavy atom. The molecule has 2 aromatic carbocycles. The Hall–Kier alpha value is -2.22. The number of rotatable bonds is 7. The van der Waals surface area contributed by atoms with Crippen molar-refractivity contribution < 1.29 is 35.9 Å². The number of carbonyl (C=O) groups is 2. The highest BCUT2D eigenvalue weighted by Gasteiger charge is 2.17. The third kappa shape index (κ3) is 5.41. The summed E-state index contributed by atoms with van der Waals surface area (Å²) in [4.78, 5) is 24.7. The lowest BCUT2D eigenvalue weighted by atomic mass is 10.1. The summed E-state index contributed by atoms with van der Waals surface area (Å²) in [5, 5.41) is 4.88. The van der Waals surface area contributed by atoms with E-state index in [2.05, 4.69) is 5.10 Å². The van der Waals surface area contributed by atoms with Gasteiger partial charge in [-0.2, -0.15) is 0 Å². The van der Waals surface area contributed by atoms with Crippen LogP contribution in [0.3, 0.4) is 0 Å². The molecular formula is C19H16BrCl2N3O3.